The standard InChI is InChI=1S/C11H13NO6/c1-7(13)11(17,10(15)16)12(18)9(14)8-5-3-2-4-6-8/h2-7,13,17-18H,1H3,(H,15,16)/t7-,11-/m1/s1. The maximum absolute atomic E-state index is 11.7. The molecule has 0 fully saturated rings. The summed E-state index contributed by atoms with van der Waals surface area (Å²) in [6.07, 6.45) is -1.88. The molecular formula is C11H13NO6. The summed E-state index contributed by atoms with van der Waals surface area (Å²) in [4.78, 5) is 22.6. The molecule has 0 bridgehead atoms. The Kier molecular flexibility index (Phi) is 4.02. The lowest BCUT2D eigenvalue weighted by Crippen LogP contribution is -2.62. The molecule has 0 aliphatic heterocycles. The molecule has 18 heavy (non-hydrogen) atoms. The van der Waals surface area contributed by atoms with E-state index in [9.17, 15) is 25.0 Å². The first kappa shape index (κ1) is 14.1. The average molecular weight is 255 g/mol. The zero-order valence-corrected chi connectivity index (χ0v) is 9.52. The molecule has 2 atom stereocenters. The SMILES string of the molecule is C[C@@H](O)[C@@](O)(C(=O)O)N(O)C(=O)c1ccccc1. The number of carbonyl (C=O) groups is 2. The van der Waals surface area contributed by atoms with Crippen LogP contribution < -0.4 is 0 Å². The van der Waals surface area contributed by atoms with Gasteiger partial charge < -0.3 is 15.3 Å². The van der Waals surface area contributed by atoms with Gasteiger partial charge in [0.25, 0.3) is 11.6 Å². The van der Waals surface area contributed by atoms with E-state index in [2.05, 4.69) is 0 Å². The number of amides is 1. The van der Waals surface area contributed by atoms with Crippen LogP contribution in [0.25, 0.3) is 0 Å². The monoisotopic (exact) mass is 255 g/mol. The van der Waals surface area contributed by atoms with Crippen LogP contribution in [-0.4, -0.2) is 49.3 Å². The van der Waals surface area contributed by atoms with Gasteiger partial charge in [0, 0.05) is 5.56 Å². The highest BCUT2D eigenvalue weighted by Gasteiger charge is 2.50. The molecule has 0 aliphatic carbocycles. The summed E-state index contributed by atoms with van der Waals surface area (Å²) in [6.45, 7) is 0.940. The molecule has 0 aliphatic rings. The van der Waals surface area contributed by atoms with Crippen LogP contribution in [-0.2, 0) is 4.79 Å². The highest BCUT2D eigenvalue weighted by molar-refractivity contribution is 5.96. The zero-order chi connectivity index (χ0) is 13.9. The van der Waals surface area contributed by atoms with Gasteiger partial charge in [-0.15, -0.1) is 0 Å². The van der Waals surface area contributed by atoms with Crippen molar-refractivity contribution in [3.63, 3.8) is 0 Å². The predicted molar refractivity (Wildman–Crippen MR) is 58.7 cm³/mol. The number of hydrogen-bond donors (Lipinski definition) is 4. The number of carbonyl (C=O) groups excluding carboxylic acids is 1. The second-order valence-corrected chi connectivity index (χ2v) is 3.69. The van der Waals surface area contributed by atoms with Crippen LogP contribution in [0.15, 0.2) is 30.3 Å². The van der Waals surface area contributed by atoms with Crippen LogP contribution in [0.5, 0.6) is 0 Å². The number of aliphatic hydroxyl groups excluding tert-OH is 1. The van der Waals surface area contributed by atoms with Crippen LogP contribution >= 0.6 is 0 Å². The topological polar surface area (TPSA) is 118 Å². The van der Waals surface area contributed by atoms with E-state index in [0.717, 1.165) is 6.92 Å². The molecule has 7 nitrogen and oxygen atoms in total. The summed E-state index contributed by atoms with van der Waals surface area (Å²) in [5.74, 6) is -3.08. The Morgan fingerprint density at radius 3 is 2.17 bits per heavy atom. The van der Waals surface area contributed by atoms with Crippen LogP contribution in [0.3, 0.4) is 0 Å². The fraction of sp³-hybridized carbons (Fsp3) is 0.273. The Bertz CT molecular complexity index is 446. The van der Waals surface area contributed by atoms with Crippen molar-refractivity contribution >= 4 is 11.9 Å². The number of carboxylic acids is 1. The van der Waals surface area contributed by atoms with Crippen LogP contribution in [0.2, 0.25) is 0 Å². The van der Waals surface area contributed by atoms with Gasteiger partial charge in [-0.3, -0.25) is 10.0 Å². The second-order valence-electron chi connectivity index (χ2n) is 3.69. The fourth-order valence-electron chi connectivity index (χ4n) is 1.30. The van der Waals surface area contributed by atoms with Gasteiger partial charge in [-0.1, -0.05) is 18.2 Å². The quantitative estimate of drug-likeness (QED) is 0.332. The normalized spacial score (nSPS) is 15.6. The van der Waals surface area contributed by atoms with E-state index in [1.54, 1.807) is 6.07 Å². The number of rotatable bonds is 4. The highest BCUT2D eigenvalue weighted by atomic mass is 16.6. The Morgan fingerprint density at radius 1 is 1.28 bits per heavy atom. The van der Waals surface area contributed by atoms with E-state index in [0.29, 0.717) is 0 Å². The van der Waals surface area contributed by atoms with Crippen molar-refractivity contribution in [3.05, 3.63) is 35.9 Å². The van der Waals surface area contributed by atoms with Crippen molar-refractivity contribution in [1.29, 1.82) is 0 Å². The molecule has 0 saturated heterocycles. The minimum absolute atomic E-state index is 0.0275. The lowest BCUT2D eigenvalue weighted by molar-refractivity contribution is -0.261. The number of hydroxylamine groups is 2. The van der Waals surface area contributed by atoms with E-state index >= 15 is 0 Å². The predicted octanol–water partition coefficient (Wildman–Crippen LogP) is -0.328. The van der Waals surface area contributed by atoms with E-state index in [1.165, 1.54) is 24.3 Å². The van der Waals surface area contributed by atoms with Crippen LogP contribution in [0.1, 0.15) is 17.3 Å². The van der Waals surface area contributed by atoms with Crippen molar-refractivity contribution in [1.82, 2.24) is 5.06 Å². The van der Waals surface area contributed by atoms with Gasteiger partial charge in [-0.2, -0.15) is 5.06 Å². The van der Waals surface area contributed by atoms with E-state index in [-0.39, 0.29) is 5.56 Å². The van der Waals surface area contributed by atoms with Gasteiger partial charge in [-0.25, -0.2) is 4.79 Å². The summed E-state index contributed by atoms with van der Waals surface area (Å²) in [5.41, 5.74) is -3.13. The third-order valence-electron chi connectivity index (χ3n) is 2.43. The number of hydrogen-bond acceptors (Lipinski definition) is 5. The molecule has 1 aromatic rings. The molecule has 1 rings (SSSR count). The smallest absolute Gasteiger partial charge is 0.362 e. The Balaban J connectivity index is 3.09. The molecule has 0 saturated carbocycles. The summed E-state index contributed by atoms with van der Waals surface area (Å²) in [6, 6.07) is 7.29. The van der Waals surface area contributed by atoms with Crippen LogP contribution in [0.4, 0.5) is 0 Å². The first-order chi connectivity index (χ1) is 8.31. The molecule has 1 aromatic carbocycles. The van der Waals surface area contributed by atoms with Crippen molar-refractivity contribution in [3.8, 4) is 0 Å². The van der Waals surface area contributed by atoms with Crippen molar-refractivity contribution < 1.29 is 30.1 Å². The van der Waals surface area contributed by atoms with E-state index in [1.807, 2.05) is 0 Å². The third-order valence-corrected chi connectivity index (χ3v) is 2.43. The van der Waals surface area contributed by atoms with Crippen molar-refractivity contribution in [2.45, 2.75) is 18.8 Å². The van der Waals surface area contributed by atoms with Crippen molar-refractivity contribution in [2.75, 3.05) is 0 Å². The second kappa shape index (κ2) is 5.13. The number of nitrogens with zero attached hydrogens (tertiary/aromatic N) is 1. The molecule has 7 heteroatoms. The lowest BCUT2D eigenvalue weighted by atomic mass is 10.1. The maximum atomic E-state index is 11.7. The van der Waals surface area contributed by atoms with E-state index < -0.39 is 28.8 Å². The molecular weight excluding hydrogens is 242 g/mol. The maximum Gasteiger partial charge on any atom is 0.362 e. The van der Waals surface area contributed by atoms with Gasteiger partial charge in [-0.05, 0) is 19.1 Å². The molecule has 0 spiro atoms. The van der Waals surface area contributed by atoms with Gasteiger partial charge >= 0.3 is 5.97 Å². The molecule has 1 amide bonds. The zero-order valence-electron chi connectivity index (χ0n) is 9.52. The molecule has 98 valence electrons. The largest absolute Gasteiger partial charge is 0.478 e. The summed E-state index contributed by atoms with van der Waals surface area (Å²) < 4.78 is 0. The fourth-order valence-corrected chi connectivity index (χ4v) is 1.30. The number of aliphatic hydroxyl groups is 2. The number of carboxylic acid groups (broad SMARTS) is 1. The van der Waals surface area contributed by atoms with Gasteiger partial charge in [0.2, 0.25) is 0 Å². The average Bonchev–Trinajstić information content (AvgIpc) is 2.36. The third kappa shape index (κ3) is 2.33. The van der Waals surface area contributed by atoms with Gasteiger partial charge in [0.15, 0.2) is 0 Å². The Labute approximate surface area is 102 Å². The number of benzene rings is 1. The van der Waals surface area contributed by atoms with Crippen LogP contribution in [0, 0.1) is 0 Å². The Morgan fingerprint density at radius 2 is 1.78 bits per heavy atom. The summed E-state index contributed by atoms with van der Waals surface area (Å²) in [7, 11) is 0. The van der Waals surface area contributed by atoms with E-state index in [4.69, 9.17) is 5.11 Å². The minimum atomic E-state index is -3.10. The minimum Gasteiger partial charge on any atom is -0.478 e. The number of aliphatic carboxylic acids is 1. The molecule has 0 aromatic heterocycles. The summed E-state index contributed by atoms with van der Waals surface area (Å²) in [5, 5.41) is 36.8. The molecule has 0 unspecified atom stereocenters. The van der Waals surface area contributed by atoms with Crippen molar-refractivity contribution in [2.24, 2.45) is 0 Å². The highest BCUT2D eigenvalue weighted by Crippen LogP contribution is 2.18. The lowest BCUT2D eigenvalue weighted by Gasteiger charge is -2.33. The molecule has 0 radical (unpaired) electrons. The first-order valence-corrected chi connectivity index (χ1v) is 5.04. The Hall–Kier alpha value is -1.96. The first-order valence-electron chi connectivity index (χ1n) is 5.04. The van der Waals surface area contributed by atoms with Gasteiger partial charge in [0.05, 0.1) is 0 Å². The summed E-state index contributed by atoms with van der Waals surface area (Å²) >= 11 is 0. The molecule has 4 N–H and O–H groups in total. The van der Waals surface area contributed by atoms with Gasteiger partial charge in [0.1, 0.15) is 6.10 Å². The molecule has 0 heterocycles.